The van der Waals surface area contributed by atoms with E-state index in [0.29, 0.717) is 40.0 Å². The molecule has 1 N–H and O–H groups in total. The Hall–Kier alpha value is -4.20. The number of aromatic nitrogens is 2. The van der Waals surface area contributed by atoms with E-state index in [9.17, 15) is 9.18 Å². The van der Waals surface area contributed by atoms with Gasteiger partial charge in [-0.25, -0.2) is 4.39 Å². The number of carbonyl (C=O) groups excluding carboxylic acids is 1. The van der Waals surface area contributed by atoms with Gasteiger partial charge in [0.2, 0.25) is 5.82 Å². The monoisotopic (exact) mass is 419 g/mol. The molecule has 1 amide bonds. The van der Waals surface area contributed by atoms with Crippen molar-refractivity contribution in [1.29, 1.82) is 0 Å². The minimum Gasteiger partial charge on any atom is -0.497 e. The highest BCUT2D eigenvalue weighted by Gasteiger charge is 2.11. The largest absolute Gasteiger partial charge is 0.497 e. The Bertz CT molecular complexity index is 1160. The zero-order chi connectivity index (χ0) is 21.6. The minimum absolute atomic E-state index is 0.126. The number of nitrogens with one attached hydrogen (secondary N) is 1. The van der Waals surface area contributed by atoms with Crippen LogP contribution < -0.4 is 14.8 Å². The number of methoxy groups -OCH3 is 1. The second-order valence-electron chi connectivity index (χ2n) is 6.52. The van der Waals surface area contributed by atoms with Crippen LogP contribution in [0.5, 0.6) is 11.5 Å². The van der Waals surface area contributed by atoms with Crippen LogP contribution >= 0.6 is 0 Å². The van der Waals surface area contributed by atoms with E-state index in [1.807, 2.05) is 0 Å². The zero-order valence-corrected chi connectivity index (χ0v) is 16.5. The molecule has 0 aliphatic carbocycles. The summed E-state index contributed by atoms with van der Waals surface area (Å²) in [5.74, 6) is 1.34. The van der Waals surface area contributed by atoms with Crippen molar-refractivity contribution in [1.82, 2.24) is 10.1 Å². The van der Waals surface area contributed by atoms with Gasteiger partial charge in [-0.05, 0) is 72.8 Å². The lowest BCUT2D eigenvalue weighted by Gasteiger charge is -2.08. The molecular weight excluding hydrogens is 401 g/mol. The van der Waals surface area contributed by atoms with Crippen molar-refractivity contribution in [3.8, 4) is 34.3 Å². The Labute approximate surface area is 177 Å². The zero-order valence-electron chi connectivity index (χ0n) is 16.5. The van der Waals surface area contributed by atoms with Crippen molar-refractivity contribution in [3.63, 3.8) is 0 Å². The van der Waals surface area contributed by atoms with Gasteiger partial charge in [0, 0.05) is 16.8 Å². The highest BCUT2D eigenvalue weighted by molar-refractivity contribution is 5.92. The van der Waals surface area contributed by atoms with E-state index in [2.05, 4.69) is 15.5 Å². The van der Waals surface area contributed by atoms with Crippen molar-refractivity contribution in [2.45, 2.75) is 0 Å². The maximum atomic E-state index is 13.1. The number of nitrogens with zero attached hydrogens (tertiary/aromatic N) is 2. The fraction of sp³-hybridized carbons (Fsp3) is 0.0870. The third-order valence-electron chi connectivity index (χ3n) is 4.37. The summed E-state index contributed by atoms with van der Waals surface area (Å²) in [7, 11) is 1.58. The van der Waals surface area contributed by atoms with Crippen molar-refractivity contribution < 1.29 is 23.2 Å². The van der Waals surface area contributed by atoms with Crippen molar-refractivity contribution in [2.75, 3.05) is 19.0 Å². The van der Waals surface area contributed by atoms with Crippen LogP contribution in [0.4, 0.5) is 10.1 Å². The van der Waals surface area contributed by atoms with Gasteiger partial charge >= 0.3 is 0 Å². The molecule has 0 bridgehead atoms. The first-order chi connectivity index (χ1) is 15.1. The molecule has 0 fully saturated rings. The fourth-order valence-corrected chi connectivity index (χ4v) is 2.77. The van der Waals surface area contributed by atoms with E-state index >= 15 is 0 Å². The van der Waals surface area contributed by atoms with Crippen LogP contribution in [0.15, 0.2) is 77.3 Å². The highest BCUT2D eigenvalue weighted by atomic mass is 19.1. The summed E-state index contributed by atoms with van der Waals surface area (Å²) in [6, 6.07) is 19.7. The summed E-state index contributed by atoms with van der Waals surface area (Å²) in [4.78, 5) is 16.4. The molecule has 0 saturated carbocycles. The molecule has 0 saturated heterocycles. The Morgan fingerprint density at radius 1 is 0.935 bits per heavy atom. The summed E-state index contributed by atoms with van der Waals surface area (Å²) in [5.41, 5.74) is 1.94. The van der Waals surface area contributed by atoms with Crippen LogP contribution in [-0.4, -0.2) is 29.8 Å². The molecular formula is C23H18FN3O4. The number of carbonyl (C=O) groups is 1. The van der Waals surface area contributed by atoms with E-state index in [0.717, 1.165) is 0 Å². The smallest absolute Gasteiger partial charge is 0.262 e. The molecule has 0 unspecified atom stereocenters. The van der Waals surface area contributed by atoms with Crippen molar-refractivity contribution in [3.05, 3.63) is 78.6 Å². The first-order valence-corrected chi connectivity index (χ1v) is 9.37. The Balaban J connectivity index is 1.34. The number of benzene rings is 3. The van der Waals surface area contributed by atoms with Crippen LogP contribution in [0.1, 0.15) is 0 Å². The van der Waals surface area contributed by atoms with Gasteiger partial charge in [0.1, 0.15) is 17.3 Å². The van der Waals surface area contributed by atoms with Gasteiger partial charge in [0.15, 0.2) is 6.61 Å². The van der Waals surface area contributed by atoms with Crippen molar-refractivity contribution in [2.24, 2.45) is 0 Å². The molecule has 4 aromatic rings. The average molecular weight is 419 g/mol. The molecule has 1 heterocycles. The Kier molecular flexibility index (Phi) is 5.89. The Morgan fingerprint density at radius 2 is 1.58 bits per heavy atom. The SMILES string of the molecule is COc1ccc(OCC(=O)Nc2ccc(-c3nc(-c4ccc(F)cc4)no3)cc2)cc1. The third kappa shape index (κ3) is 5.05. The maximum absolute atomic E-state index is 13.1. The average Bonchev–Trinajstić information content (AvgIpc) is 3.29. The normalized spacial score (nSPS) is 10.5. The first-order valence-electron chi connectivity index (χ1n) is 9.37. The maximum Gasteiger partial charge on any atom is 0.262 e. The van der Waals surface area contributed by atoms with Gasteiger partial charge in [-0.3, -0.25) is 4.79 Å². The quantitative estimate of drug-likeness (QED) is 0.472. The lowest BCUT2D eigenvalue weighted by Crippen LogP contribution is -2.20. The molecule has 156 valence electrons. The van der Waals surface area contributed by atoms with Crippen molar-refractivity contribution >= 4 is 11.6 Å². The number of hydrogen-bond donors (Lipinski definition) is 1. The second-order valence-corrected chi connectivity index (χ2v) is 6.52. The molecule has 7 nitrogen and oxygen atoms in total. The van der Waals surface area contributed by atoms with Crippen LogP contribution in [0.3, 0.4) is 0 Å². The van der Waals surface area contributed by atoms with Crippen LogP contribution in [0.25, 0.3) is 22.8 Å². The molecule has 0 aliphatic rings. The topological polar surface area (TPSA) is 86.5 Å². The Morgan fingerprint density at radius 3 is 2.26 bits per heavy atom. The van der Waals surface area contributed by atoms with Gasteiger partial charge in [-0.15, -0.1) is 0 Å². The molecule has 0 atom stereocenters. The lowest BCUT2D eigenvalue weighted by atomic mass is 10.2. The lowest BCUT2D eigenvalue weighted by molar-refractivity contribution is -0.118. The van der Waals surface area contributed by atoms with E-state index in [-0.39, 0.29) is 18.3 Å². The van der Waals surface area contributed by atoms with Crippen LogP contribution in [0.2, 0.25) is 0 Å². The number of halogens is 1. The number of anilines is 1. The second kappa shape index (κ2) is 9.08. The summed E-state index contributed by atoms with van der Waals surface area (Å²) in [6.45, 7) is -0.126. The minimum atomic E-state index is -0.334. The summed E-state index contributed by atoms with van der Waals surface area (Å²) in [6.07, 6.45) is 0. The predicted molar refractivity (Wildman–Crippen MR) is 112 cm³/mol. The highest BCUT2D eigenvalue weighted by Crippen LogP contribution is 2.24. The number of hydrogen-bond acceptors (Lipinski definition) is 6. The van der Waals surface area contributed by atoms with Gasteiger partial charge in [-0.2, -0.15) is 4.98 Å². The standard InChI is InChI=1S/C23H18FN3O4/c1-29-19-10-12-20(13-11-19)30-14-21(28)25-18-8-4-16(5-9-18)23-26-22(27-31-23)15-2-6-17(24)7-3-15/h2-13H,14H2,1H3,(H,25,28). The molecule has 0 radical (unpaired) electrons. The molecule has 0 aliphatic heterocycles. The van der Waals surface area contributed by atoms with E-state index in [1.54, 1.807) is 67.8 Å². The van der Waals surface area contributed by atoms with Crippen LogP contribution in [-0.2, 0) is 4.79 Å². The molecule has 31 heavy (non-hydrogen) atoms. The van der Waals surface area contributed by atoms with E-state index in [4.69, 9.17) is 14.0 Å². The molecule has 8 heteroatoms. The molecule has 1 aromatic heterocycles. The summed E-state index contributed by atoms with van der Waals surface area (Å²) in [5, 5.41) is 6.68. The number of ether oxygens (including phenoxy) is 2. The summed E-state index contributed by atoms with van der Waals surface area (Å²) < 4.78 is 28.9. The summed E-state index contributed by atoms with van der Waals surface area (Å²) >= 11 is 0. The molecule has 0 spiro atoms. The van der Waals surface area contributed by atoms with Gasteiger partial charge in [0.25, 0.3) is 11.8 Å². The molecule has 3 aromatic carbocycles. The predicted octanol–water partition coefficient (Wildman–Crippen LogP) is 4.57. The molecule has 4 rings (SSSR count). The van der Waals surface area contributed by atoms with Gasteiger partial charge < -0.3 is 19.3 Å². The van der Waals surface area contributed by atoms with Gasteiger partial charge in [-0.1, -0.05) is 5.16 Å². The number of amides is 1. The number of rotatable bonds is 7. The van der Waals surface area contributed by atoms with Crippen LogP contribution in [0, 0.1) is 5.82 Å². The fourth-order valence-electron chi connectivity index (χ4n) is 2.77. The first kappa shape index (κ1) is 20.1. The van der Waals surface area contributed by atoms with E-state index < -0.39 is 0 Å². The van der Waals surface area contributed by atoms with Gasteiger partial charge in [0.05, 0.1) is 7.11 Å². The van der Waals surface area contributed by atoms with E-state index in [1.165, 1.54) is 12.1 Å². The third-order valence-corrected chi connectivity index (χ3v) is 4.37.